The molecule has 3 rings (SSSR count). The minimum absolute atomic E-state index is 0.140. The van der Waals surface area contributed by atoms with Crippen molar-refractivity contribution in [1.29, 1.82) is 0 Å². The highest BCUT2D eigenvalue weighted by Crippen LogP contribution is 2.29. The van der Waals surface area contributed by atoms with Gasteiger partial charge < -0.3 is 4.74 Å². The molecular formula is C22H23NO4S. The number of rotatable bonds is 7. The quantitative estimate of drug-likeness (QED) is 0.562. The first-order valence-electron chi connectivity index (χ1n) is 9.22. The van der Waals surface area contributed by atoms with E-state index in [4.69, 9.17) is 4.74 Å². The van der Waals surface area contributed by atoms with E-state index < -0.39 is 16.0 Å². The van der Waals surface area contributed by atoms with Crippen LogP contribution in [-0.4, -0.2) is 27.5 Å². The Bertz CT molecular complexity index is 1090. The summed E-state index contributed by atoms with van der Waals surface area (Å²) in [7, 11) is -3.96. The molecule has 0 aliphatic heterocycles. The predicted molar refractivity (Wildman–Crippen MR) is 111 cm³/mol. The van der Waals surface area contributed by atoms with Crippen LogP contribution in [0.2, 0.25) is 0 Å². The van der Waals surface area contributed by atoms with E-state index in [2.05, 4.69) is 0 Å². The van der Waals surface area contributed by atoms with Crippen molar-refractivity contribution in [1.82, 2.24) is 0 Å². The van der Waals surface area contributed by atoms with Crippen LogP contribution < -0.4 is 4.31 Å². The van der Waals surface area contributed by atoms with Gasteiger partial charge in [0.2, 0.25) is 0 Å². The fraction of sp³-hybridized carbons (Fsp3) is 0.227. The summed E-state index contributed by atoms with van der Waals surface area (Å²) in [6.07, 6.45) is 0.642. The molecule has 0 fully saturated rings. The Morgan fingerprint density at radius 1 is 0.929 bits per heavy atom. The normalized spacial score (nSPS) is 11.4. The van der Waals surface area contributed by atoms with Gasteiger partial charge in [0.15, 0.2) is 0 Å². The van der Waals surface area contributed by atoms with E-state index in [-0.39, 0.29) is 18.0 Å². The standard InChI is InChI=1S/C22H23NO4S/c1-3-17-9-7-8-12-21(17)23(16-22(24)27-4-2)28(25,26)20-14-13-18-10-5-6-11-19(18)15-20/h5-15H,3-4,16H2,1-2H3. The molecule has 0 amide bonds. The highest BCUT2D eigenvalue weighted by atomic mass is 32.2. The molecule has 0 atom stereocenters. The Morgan fingerprint density at radius 3 is 2.32 bits per heavy atom. The number of hydrogen-bond acceptors (Lipinski definition) is 4. The van der Waals surface area contributed by atoms with Crippen LogP contribution in [0.15, 0.2) is 71.6 Å². The molecule has 3 aromatic carbocycles. The molecule has 0 saturated carbocycles. The van der Waals surface area contributed by atoms with Crippen molar-refractivity contribution in [3.05, 3.63) is 72.3 Å². The predicted octanol–water partition coefficient (Wildman–Crippen LogP) is 4.16. The molecule has 0 bridgehead atoms. The second-order valence-electron chi connectivity index (χ2n) is 6.31. The molecule has 0 aromatic heterocycles. The van der Waals surface area contributed by atoms with Crippen molar-refractivity contribution in [2.24, 2.45) is 0 Å². The third-order valence-corrected chi connectivity index (χ3v) is 6.28. The van der Waals surface area contributed by atoms with Crippen molar-refractivity contribution in [3.8, 4) is 0 Å². The molecule has 6 heteroatoms. The van der Waals surface area contributed by atoms with Crippen LogP contribution in [0.4, 0.5) is 5.69 Å². The summed E-state index contributed by atoms with van der Waals surface area (Å²) in [5.74, 6) is -0.585. The van der Waals surface area contributed by atoms with Gasteiger partial charge in [-0.25, -0.2) is 8.42 Å². The minimum atomic E-state index is -3.96. The van der Waals surface area contributed by atoms with Gasteiger partial charge in [-0.05, 0) is 47.9 Å². The van der Waals surface area contributed by atoms with Gasteiger partial charge in [-0.15, -0.1) is 0 Å². The number of ether oxygens (including phenoxy) is 1. The summed E-state index contributed by atoms with van der Waals surface area (Å²) in [6, 6.07) is 19.7. The topological polar surface area (TPSA) is 63.7 Å². The SMILES string of the molecule is CCOC(=O)CN(c1ccccc1CC)S(=O)(=O)c1ccc2ccccc2c1. The zero-order valence-corrected chi connectivity index (χ0v) is 16.8. The molecule has 0 heterocycles. The van der Waals surface area contributed by atoms with Crippen LogP contribution in [0.5, 0.6) is 0 Å². The van der Waals surface area contributed by atoms with Crippen LogP contribution in [0.1, 0.15) is 19.4 Å². The zero-order valence-electron chi connectivity index (χ0n) is 16.0. The molecule has 3 aromatic rings. The number of fused-ring (bicyclic) bond motifs is 1. The van der Waals surface area contributed by atoms with Gasteiger partial charge in [-0.1, -0.05) is 55.5 Å². The van der Waals surface area contributed by atoms with Crippen LogP contribution in [0, 0.1) is 0 Å². The lowest BCUT2D eigenvalue weighted by Gasteiger charge is -2.25. The second kappa shape index (κ2) is 8.44. The van der Waals surface area contributed by atoms with E-state index in [0.29, 0.717) is 12.1 Å². The van der Waals surface area contributed by atoms with Crippen molar-refractivity contribution in [3.63, 3.8) is 0 Å². The summed E-state index contributed by atoms with van der Waals surface area (Å²) in [6.45, 7) is 3.46. The van der Waals surface area contributed by atoms with Gasteiger partial charge in [0, 0.05) is 0 Å². The Kier molecular flexibility index (Phi) is 5.99. The third-order valence-electron chi connectivity index (χ3n) is 4.53. The average molecular weight is 397 g/mol. The monoisotopic (exact) mass is 397 g/mol. The zero-order chi connectivity index (χ0) is 20.1. The number of hydrogen-bond donors (Lipinski definition) is 0. The summed E-state index contributed by atoms with van der Waals surface area (Å²) in [5, 5.41) is 1.77. The molecule has 0 aliphatic rings. The van der Waals surface area contributed by atoms with Crippen LogP contribution in [0.25, 0.3) is 10.8 Å². The minimum Gasteiger partial charge on any atom is -0.465 e. The van der Waals surface area contributed by atoms with Gasteiger partial charge in [0.25, 0.3) is 10.0 Å². The largest absolute Gasteiger partial charge is 0.465 e. The molecule has 0 radical (unpaired) electrons. The number of carbonyl (C=O) groups excluding carboxylic acids is 1. The summed E-state index contributed by atoms with van der Waals surface area (Å²) >= 11 is 0. The number of anilines is 1. The van der Waals surface area contributed by atoms with Crippen LogP contribution in [-0.2, 0) is 26.0 Å². The second-order valence-corrected chi connectivity index (χ2v) is 8.17. The van der Waals surface area contributed by atoms with Crippen molar-refractivity contribution in [2.45, 2.75) is 25.2 Å². The molecule has 0 unspecified atom stereocenters. The molecule has 0 spiro atoms. The van der Waals surface area contributed by atoms with Crippen LogP contribution >= 0.6 is 0 Å². The lowest BCUT2D eigenvalue weighted by Crippen LogP contribution is -2.37. The van der Waals surface area contributed by atoms with E-state index >= 15 is 0 Å². The summed E-state index contributed by atoms with van der Waals surface area (Å²) in [5.41, 5.74) is 1.34. The van der Waals surface area contributed by atoms with E-state index in [1.165, 1.54) is 0 Å². The van der Waals surface area contributed by atoms with Crippen molar-refractivity contribution < 1.29 is 17.9 Å². The fourth-order valence-corrected chi connectivity index (χ4v) is 4.61. The highest BCUT2D eigenvalue weighted by Gasteiger charge is 2.29. The Hall–Kier alpha value is -2.86. The number of sulfonamides is 1. The highest BCUT2D eigenvalue weighted by molar-refractivity contribution is 7.92. The lowest BCUT2D eigenvalue weighted by atomic mass is 10.1. The molecule has 0 aliphatic carbocycles. The first-order valence-corrected chi connectivity index (χ1v) is 10.7. The Labute approximate surface area is 165 Å². The molecule has 146 valence electrons. The number of para-hydroxylation sites is 1. The van der Waals surface area contributed by atoms with Gasteiger partial charge in [0.1, 0.15) is 6.54 Å². The number of benzene rings is 3. The van der Waals surface area contributed by atoms with Crippen molar-refractivity contribution >= 4 is 32.5 Å². The van der Waals surface area contributed by atoms with E-state index in [9.17, 15) is 13.2 Å². The number of carbonyl (C=O) groups is 1. The van der Waals surface area contributed by atoms with Crippen molar-refractivity contribution in [2.75, 3.05) is 17.5 Å². The van der Waals surface area contributed by atoms with Crippen LogP contribution in [0.3, 0.4) is 0 Å². The van der Waals surface area contributed by atoms with Gasteiger partial charge >= 0.3 is 5.97 Å². The fourth-order valence-electron chi connectivity index (χ4n) is 3.13. The molecular weight excluding hydrogens is 374 g/mol. The van der Waals surface area contributed by atoms with Gasteiger partial charge in [-0.2, -0.15) is 0 Å². The van der Waals surface area contributed by atoms with Gasteiger partial charge in [0.05, 0.1) is 17.2 Å². The van der Waals surface area contributed by atoms with E-state index in [1.54, 1.807) is 37.3 Å². The lowest BCUT2D eigenvalue weighted by molar-refractivity contribution is -0.141. The Balaban J connectivity index is 2.12. The summed E-state index contributed by atoms with van der Waals surface area (Å²) in [4.78, 5) is 12.3. The first kappa shape index (κ1) is 19.9. The van der Waals surface area contributed by atoms with E-state index in [0.717, 1.165) is 20.6 Å². The summed E-state index contributed by atoms with van der Waals surface area (Å²) < 4.78 is 33.2. The maximum atomic E-state index is 13.5. The number of nitrogens with zero attached hydrogens (tertiary/aromatic N) is 1. The molecule has 0 saturated heterocycles. The molecule has 5 nitrogen and oxygen atoms in total. The maximum absolute atomic E-state index is 13.5. The number of esters is 1. The molecule has 0 N–H and O–H groups in total. The average Bonchev–Trinajstić information content (AvgIpc) is 2.71. The maximum Gasteiger partial charge on any atom is 0.326 e. The van der Waals surface area contributed by atoms with E-state index in [1.807, 2.05) is 43.3 Å². The molecule has 28 heavy (non-hydrogen) atoms. The smallest absolute Gasteiger partial charge is 0.326 e. The Morgan fingerprint density at radius 2 is 1.61 bits per heavy atom. The van der Waals surface area contributed by atoms with Gasteiger partial charge in [-0.3, -0.25) is 9.10 Å². The first-order chi connectivity index (χ1) is 13.5. The number of aryl methyl sites for hydroxylation is 1. The third kappa shape index (κ3) is 4.02.